The summed E-state index contributed by atoms with van der Waals surface area (Å²) in [6, 6.07) is 0. The molecule has 0 saturated carbocycles. The Labute approximate surface area is 175 Å². The van der Waals surface area contributed by atoms with E-state index in [9.17, 15) is 15.0 Å². The van der Waals surface area contributed by atoms with Gasteiger partial charge in [0.15, 0.2) is 0 Å². The number of rotatable bonds is 21. The number of unbranched alkanes of at least 4 members (excludes halogenated alkanes) is 13. The van der Waals surface area contributed by atoms with Gasteiger partial charge in [0, 0.05) is 0 Å². The Kier molecular flexibility index (Phi) is 18.0. The van der Waals surface area contributed by atoms with Crippen molar-refractivity contribution < 1.29 is 19.5 Å². The van der Waals surface area contributed by atoms with E-state index in [1.54, 1.807) is 0 Å². The summed E-state index contributed by atoms with van der Waals surface area (Å²) in [5.41, 5.74) is 0. The van der Waals surface area contributed by atoms with Crippen LogP contribution in [-0.4, -0.2) is 48.3 Å². The topological polar surface area (TPSA) is 60.4 Å². The summed E-state index contributed by atoms with van der Waals surface area (Å²) < 4.78 is 0.374. The number of nitrogens with zero attached hydrogens (tertiary/aromatic N) is 1. The molecule has 0 aromatic carbocycles. The second-order valence-electron chi connectivity index (χ2n) is 9.09. The van der Waals surface area contributed by atoms with Crippen molar-refractivity contribution in [1.82, 2.24) is 0 Å². The number of aliphatic carboxylic acids is 1. The minimum absolute atomic E-state index is 0.0103. The van der Waals surface area contributed by atoms with E-state index in [-0.39, 0.29) is 6.54 Å². The molecule has 2 unspecified atom stereocenters. The molecule has 0 aliphatic carbocycles. The number of carboxylic acids is 1. The lowest BCUT2D eigenvalue weighted by Crippen LogP contribution is -2.54. The first kappa shape index (κ1) is 27.4. The molecule has 0 rings (SSSR count). The fourth-order valence-corrected chi connectivity index (χ4v) is 4.26. The maximum atomic E-state index is 11.0. The van der Waals surface area contributed by atoms with Crippen molar-refractivity contribution in [1.29, 1.82) is 0 Å². The Morgan fingerprint density at radius 1 is 0.786 bits per heavy atom. The summed E-state index contributed by atoms with van der Waals surface area (Å²) >= 11 is 0. The molecule has 0 radical (unpaired) electrons. The zero-order valence-electron chi connectivity index (χ0n) is 19.2. The van der Waals surface area contributed by atoms with E-state index in [0.29, 0.717) is 11.0 Å². The first-order chi connectivity index (χ1) is 13.4. The number of hydrogen-bond acceptors (Lipinski definition) is 3. The van der Waals surface area contributed by atoms with Crippen molar-refractivity contribution in [3.8, 4) is 0 Å². The first-order valence-corrected chi connectivity index (χ1v) is 12.1. The summed E-state index contributed by atoms with van der Waals surface area (Å²) in [4.78, 5) is 11.0. The lowest BCUT2D eigenvalue weighted by Gasteiger charge is -2.36. The maximum absolute atomic E-state index is 11.0. The quantitative estimate of drug-likeness (QED) is 0.222. The highest BCUT2D eigenvalue weighted by Crippen LogP contribution is 2.15. The van der Waals surface area contributed by atoms with Gasteiger partial charge in [0.05, 0.1) is 19.6 Å². The van der Waals surface area contributed by atoms with E-state index in [4.69, 9.17) is 0 Å². The SMILES string of the molecule is CCCCCCCCCCCCCCCCC(O)C[N+](C)(CCC)CC(=O)[O-]. The van der Waals surface area contributed by atoms with Crippen LogP contribution in [0, 0.1) is 0 Å². The molecule has 0 aliphatic heterocycles. The van der Waals surface area contributed by atoms with Crippen LogP contribution in [0.2, 0.25) is 0 Å². The monoisotopic (exact) mass is 399 g/mol. The van der Waals surface area contributed by atoms with E-state index in [1.807, 2.05) is 14.0 Å². The van der Waals surface area contributed by atoms with Crippen LogP contribution in [0.5, 0.6) is 0 Å². The zero-order chi connectivity index (χ0) is 21.1. The normalized spacial score (nSPS) is 14.7. The van der Waals surface area contributed by atoms with Gasteiger partial charge in [0.1, 0.15) is 19.2 Å². The summed E-state index contributed by atoms with van der Waals surface area (Å²) in [6.07, 6.45) is 19.9. The number of quaternary nitrogens is 1. The number of aliphatic hydroxyl groups is 1. The van der Waals surface area contributed by atoms with Crippen LogP contribution in [0.15, 0.2) is 0 Å². The Balaban J connectivity index is 3.53. The standard InChI is InChI=1S/C24H49NO3/c1-4-6-7-8-9-10-11-12-13-14-15-16-17-18-19-23(26)21-25(3,20-5-2)22-24(27)28/h23,26H,4-22H2,1-3H3. The number of likely N-dealkylation sites (N-methyl/N-ethyl adjacent to an activating group) is 1. The van der Waals surface area contributed by atoms with E-state index in [1.165, 1.54) is 83.5 Å². The van der Waals surface area contributed by atoms with Crippen LogP contribution >= 0.6 is 0 Å². The average Bonchev–Trinajstić information content (AvgIpc) is 2.61. The van der Waals surface area contributed by atoms with Crippen molar-refractivity contribution in [2.45, 2.75) is 123 Å². The van der Waals surface area contributed by atoms with Crippen molar-refractivity contribution in [3.05, 3.63) is 0 Å². The third-order valence-corrected chi connectivity index (χ3v) is 5.82. The molecule has 0 saturated heterocycles. The summed E-state index contributed by atoms with van der Waals surface area (Å²) in [5.74, 6) is -1.03. The van der Waals surface area contributed by atoms with Crippen LogP contribution in [0.25, 0.3) is 0 Å². The zero-order valence-corrected chi connectivity index (χ0v) is 19.2. The molecular formula is C24H49NO3. The second kappa shape index (κ2) is 18.4. The predicted octanol–water partition coefficient (Wildman–Crippen LogP) is 4.83. The molecule has 0 bridgehead atoms. The summed E-state index contributed by atoms with van der Waals surface area (Å²) in [5, 5.41) is 21.2. The minimum Gasteiger partial charge on any atom is -0.544 e. The molecule has 4 heteroatoms. The first-order valence-electron chi connectivity index (χ1n) is 12.1. The summed E-state index contributed by atoms with van der Waals surface area (Å²) in [6.45, 7) is 5.59. The van der Waals surface area contributed by atoms with E-state index >= 15 is 0 Å². The van der Waals surface area contributed by atoms with Crippen LogP contribution in [-0.2, 0) is 4.79 Å². The third-order valence-electron chi connectivity index (χ3n) is 5.82. The van der Waals surface area contributed by atoms with E-state index in [2.05, 4.69) is 6.92 Å². The van der Waals surface area contributed by atoms with Gasteiger partial charge in [0.2, 0.25) is 0 Å². The number of carbonyl (C=O) groups excluding carboxylic acids is 1. The third kappa shape index (κ3) is 17.5. The molecule has 0 amide bonds. The second-order valence-corrected chi connectivity index (χ2v) is 9.09. The van der Waals surface area contributed by atoms with E-state index < -0.39 is 12.1 Å². The lowest BCUT2D eigenvalue weighted by molar-refractivity contribution is -0.907. The fourth-order valence-electron chi connectivity index (χ4n) is 4.26. The van der Waals surface area contributed by atoms with Crippen LogP contribution in [0.3, 0.4) is 0 Å². The molecular weight excluding hydrogens is 350 g/mol. The Morgan fingerprint density at radius 2 is 1.21 bits per heavy atom. The summed E-state index contributed by atoms with van der Waals surface area (Å²) in [7, 11) is 1.91. The molecule has 0 aromatic heterocycles. The molecule has 2 atom stereocenters. The molecule has 168 valence electrons. The Hall–Kier alpha value is -0.610. The molecule has 28 heavy (non-hydrogen) atoms. The molecule has 0 fully saturated rings. The highest BCUT2D eigenvalue weighted by atomic mass is 16.4. The number of hydrogen-bond donors (Lipinski definition) is 1. The highest BCUT2D eigenvalue weighted by Gasteiger charge is 2.24. The molecule has 0 spiro atoms. The van der Waals surface area contributed by atoms with Gasteiger partial charge >= 0.3 is 0 Å². The fraction of sp³-hybridized carbons (Fsp3) is 0.958. The van der Waals surface area contributed by atoms with Crippen LogP contribution < -0.4 is 5.11 Å². The van der Waals surface area contributed by atoms with Gasteiger partial charge in [-0.05, 0) is 12.8 Å². The van der Waals surface area contributed by atoms with Gasteiger partial charge in [-0.2, -0.15) is 0 Å². The number of aliphatic hydroxyl groups excluding tert-OH is 1. The molecule has 0 aromatic rings. The Morgan fingerprint density at radius 3 is 1.61 bits per heavy atom. The van der Waals surface area contributed by atoms with Gasteiger partial charge < -0.3 is 19.5 Å². The van der Waals surface area contributed by atoms with Crippen molar-refractivity contribution >= 4 is 5.97 Å². The molecule has 4 nitrogen and oxygen atoms in total. The van der Waals surface area contributed by atoms with E-state index in [0.717, 1.165) is 25.8 Å². The average molecular weight is 400 g/mol. The maximum Gasteiger partial charge on any atom is 0.119 e. The van der Waals surface area contributed by atoms with Crippen LogP contribution in [0.4, 0.5) is 0 Å². The van der Waals surface area contributed by atoms with Gasteiger partial charge in [-0.1, -0.05) is 104 Å². The smallest absolute Gasteiger partial charge is 0.119 e. The van der Waals surface area contributed by atoms with Gasteiger partial charge in [-0.25, -0.2) is 0 Å². The highest BCUT2D eigenvalue weighted by molar-refractivity contribution is 5.65. The largest absolute Gasteiger partial charge is 0.544 e. The molecule has 0 heterocycles. The number of carboxylic acid groups (broad SMARTS) is 1. The van der Waals surface area contributed by atoms with Crippen molar-refractivity contribution in [2.75, 3.05) is 26.7 Å². The van der Waals surface area contributed by atoms with Crippen LogP contribution in [0.1, 0.15) is 117 Å². The lowest BCUT2D eigenvalue weighted by atomic mass is 10.0. The van der Waals surface area contributed by atoms with Crippen molar-refractivity contribution in [2.24, 2.45) is 0 Å². The molecule has 1 N–H and O–H groups in total. The van der Waals surface area contributed by atoms with Crippen molar-refractivity contribution in [3.63, 3.8) is 0 Å². The van der Waals surface area contributed by atoms with Gasteiger partial charge in [-0.15, -0.1) is 0 Å². The Bertz CT molecular complexity index is 362. The molecule has 0 aliphatic rings. The van der Waals surface area contributed by atoms with Gasteiger partial charge in [0.25, 0.3) is 0 Å². The number of carbonyl (C=O) groups is 1. The predicted molar refractivity (Wildman–Crippen MR) is 117 cm³/mol. The minimum atomic E-state index is -1.03. The van der Waals surface area contributed by atoms with Gasteiger partial charge in [-0.3, -0.25) is 0 Å².